The highest BCUT2D eigenvalue weighted by Crippen LogP contribution is 1.81. The molecule has 0 saturated carbocycles. The van der Waals surface area contributed by atoms with Gasteiger partial charge in [-0.15, -0.1) is 0 Å². The molecule has 0 aliphatic carbocycles. The average Bonchev–Trinajstić information content (AvgIpc) is 1.87. The topological polar surface area (TPSA) is 46.2 Å². The van der Waals surface area contributed by atoms with E-state index in [2.05, 4.69) is 28.2 Å². The first-order chi connectivity index (χ1) is 4.22. The molecular formula is C5H7BrNO2. The standard InChI is InChI=1S/C5H7BrNO2/c1-2-7-5(9)4(8)3-6/h1-3H2,(H,7,9). The van der Waals surface area contributed by atoms with Crippen LogP contribution in [0.15, 0.2) is 0 Å². The number of hydrogen-bond acceptors (Lipinski definition) is 2. The molecule has 1 amide bonds. The molecule has 3 nitrogen and oxygen atoms in total. The second kappa shape index (κ2) is 4.49. The molecule has 0 aliphatic rings. The van der Waals surface area contributed by atoms with E-state index in [9.17, 15) is 9.59 Å². The highest BCUT2D eigenvalue weighted by Gasteiger charge is 2.08. The summed E-state index contributed by atoms with van der Waals surface area (Å²) in [4.78, 5) is 20.9. The van der Waals surface area contributed by atoms with Crippen LogP contribution in [0.2, 0.25) is 0 Å². The largest absolute Gasteiger partial charge is 0.349 e. The van der Waals surface area contributed by atoms with E-state index in [0.29, 0.717) is 0 Å². The Morgan fingerprint density at radius 1 is 1.56 bits per heavy atom. The summed E-state index contributed by atoms with van der Waals surface area (Å²) in [5, 5.41) is 2.33. The Labute approximate surface area is 61.9 Å². The Balaban J connectivity index is 3.60. The summed E-state index contributed by atoms with van der Waals surface area (Å²) in [5.41, 5.74) is 0. The molecule has 0 aromatic rings. The number of hydrogen-bond donors (Lipinski definition) is 1. The molecule has 0 aromatic heterocycles. The minimum absolute atomic E-state index is 0.0683. The minimum atomic E-state index is -0.582. The van der Waals surface area contributed by atoms with E-state index in [1.807, 2.05) is 0 Å². The Bertz CT molecular complexity index is 124. The smallest absolute Gasteiger partial charge is 0.288 e. The Morgan fingerprint density at radius 3 is 2.44 bits per heavy atom. The first-order valence-corrected chi connectivity index (χ1v) is 3.50. The second-order valence-electron chi connectivity index (χ2n) is 1.31. The van der Waals surface area contributed by atoms with Gasteiger partial charge in [-0.2, -0.15) is 0 Å². The Morgan fingerprint density at radius 2 is 2.11 bits per heavy atom. The molecule has 0 fully saturated rings. The number of carbonyl (C=O) groups is 2. The number of ketones is 1. The summed E-state index contributed by atoms with van der Waals surface area (Å²) in [6.07, 6.45) is 0. The molecule has 0 atom stereocenters. The number of carbonyl (C=O) groups excluding carboxylic acids is 2. The van der Waals surface area contributed by atoms with Crippen LogP contribution in [0, 0.1) is 6.92 Å². The van der Waals surface area contributed by atoms with Crippen molar-refractivity contribution in [3.63, 3.8) is 0 Å². The van der Waals surface area contributed by atoms with Gasteiger partial charge in [0.25, 0.3) is 5.91 Å². The summed E-state index contributed by atoms with van der Waals surface area (Å²) in [7, 11) is 0. The quantitative estimate of drug-likeness (QED) is 0.502. The third-order valence-corrected chi connectivity index (χ3v) is 1.17. The molecule has 0 aromatic carbocycles. The summed E-state index contributed by atoms with van der Waals surface area (Å²) in [5.74, 6) is -1.06. The van der Waals surface area contributed by atoms with Gasteiger partial charge >= 0.3 is 0 Å². The van der Waals surface area contributed by atoms with Crippen LogP contribution in [0.5, 0.6) is 0 Å². The number of amides is 1. The van der Waals surface area contributed by atoms with E-state index in [4.69, 9.17) is 0 Å². The molecule has 0 aliphatic heterocycles. The molecule has 0 heterocycles. The van der Waals surface area contributed by atoms with E-state index >= 15 is 0 Å². The van der Waals surface area contributed by atoms with Gasteiger partial charge in [-0.05, 0) is 6.92 Å². The SMILES string of the molecule is [CH2]CNC(=O)C(=O)CBr. The summed E-state index contributed by atoms with van der Waals surface area (Å²) in [6, 6.07) is 0. The number of nitrogens with one attached hydrogen (secondary N) is 1. The fourth-order valence-corrected chi connectivity index (χ4v) is 0.527. The van der Waals surface area contributed by atoms with E-state index in [1.165, 1.54) is 0 Å². The number of Topliss-reactive ketones (excluding diaryl/α,β-unsaturated/α-hetero) is 1. The van der Waals surface area contributed by atoms with Gasteiger partial charge in [0.1, 0.15) is 0 Å². The van der Waals surface area contributed by atoms with Crippen LogP contribution in [0.3, 0.4) is 0 Å². The van der Waals surface area contributed by atoms with Crippen LogP contribution in [-0.4, -0.2) is 23.6 Å². The lowest BCUT2D eigenvalue weighted by Crippen LogP contribution is -2.31. The Hall–Kier alpha value is -0.380. The molecule has 51 valence electrons. The van der Waals surface area contributed by atoms with Crippen molar-refractivity contribution in [2.24, 2.45) is 0 Å². The van der Waals surface area contributed by atoms with Crippen LogP contribution in [0.4, 0.5) is 0 Å². The van der Waals surface area contributed by atoms with Crippen molar-refractivity contribution in [2.45, 2.75) is 0 Å². The first kappa shape index (κ1) is 8.62. The highest BCUT2D eigenvalue weighted by molar-refractivity contribution is 9.09. The van der Waals surface area contributed by atoms with Crippen molar-refractivity contribution < 1.29 is 9.59 Å². The third kappa shape index (κ3) is 3.24. The van der Waals surface area contributed by atoms with Crippen molar-refractivity contribution in [1.82, 2.24) is 5.32 Å². The fraction of sp³-hybridized carbons (Fsp3) is 0.400. The molecule has 0 saturated heterocycles. The molecule has 0 unspecified atom stereocenters. The van der Waals surface area contributed by atoms with Gasteiger partial charge < -0.3 is 5.32 Å². The first-order valence-electron chi connectivity index (χ1n) is 2.38. The summed E-state index contributed by atoms with van der Waals surface area (Å²) in [6.45, 7) is 3.59. The lowest BCUT2D eigenvalue weighted by Gasteiger charge is -1.95. The fourth-order valence-electron chi connectivity index (χ4n) is 0.273. The number of rotatable bonds is 3. The zero-order valence-corrected chi connectivity index (χ0v) is 6.40. The third-order valence-electron chi connectivity index (χ3n) is 0.660. The van der Waals surface area contributed by atoms with Crippen LogP contribution < -0.4 is 5.32 Å². The normalized spacial score (nSPS) is 8.67. The molecule has 0 bridgehead atoms. The highest BCUT2D eigenvalue weighted by atomic mass is 79.9. The minimum Gasteiger partial charge on any atom is -0.349 e. The van der Waals surface area contributed by atoms with E-state index < -0.39 is 11.7 Å². The number of alkyl halides is 1. The zero-order valence-electron chi connectivity index (χ0n) is 4.82. The van der Waals surface area contributed by atoms with Crippen LogP contribution in [0.25, 0.3) is 0 Å². The second-order valence-corrected chi connectivity index (χ2v) is 1.87. The van der Waals surface area contributed by atoms with Gasteiger partial charge in [-0.25, -0.2) is 0 Å². The molecule has 1 N–H and O–H groups in total. The molecular weight excluding hydrogens is 186 g/mol. The predicted octanol–water partition coefficient (Wildman–Crippen LogP) is -0.0993. The van der Waals surface area contributed by atoms with E-state index in [1.54, 1.807) is 0 Å². The lowest BCUT2D eigenvalue weighted by atomic mass is 10.4. The summed E-state index contributed by atoms with van der Waals surface area (Å²) >= 11 is 2.85. The maximum absolute atomic E-state index is 10.4. The van der Waals surface area contributed by atoms with Crippen molar-refractivity contribution in [2.75, 3.05) is 11.9 Å². The van der Waals surface area contributed by atoms with Crippen molar-refractivity contribution in [3.8, 4) is 0 Å². The van der Waals surface area contributed by atoms with E-state index in [0.717, 1.165) is 0 Å². The van der Waals surface area contributed by atoms with Crippen molar-refractivity contribution in [1.29, 1.82) is 0 Å². The molecule has 4 heteroatoms. The zero-order chi connectivity index (χ0) is 7.28. The van der Waals surface area contributed by atoms with Gasteiger partial charge in [0.2, 0.25) is 5.78 Å². The van der Waals surface area contributed by atoms with Gasteiger partial charge in [-0.1, -0.05) is 15.9 Å². The maximum Gasteiger partial charge on any atom is 0.288 e. The van der Waals surface area contributed by atoms with Crippen molar-refractivity contribution in [3.05, 3.63) is 6.92 Å². The molecule has 0 rings (SSSR count). The van der Waals surface area contributed by atoms with Crippen LogP contribution >= 0.6 is 15.9 Å². The van der Waals surface area contributed by atoms with Crippen LogP contribution in [0.1, 0.15) is 0 Å². The Kier molecular flexibility index (Phi) is 4.30. The van der Waals surface area contributed by atoms with Gasteiger partial charge in [0.15, 0.2) is 0 Å². The molecule has 9 heavy (non-hydrogen) atoms. The summed E-state index contributed by atoms with van der Waals surface area (Å²) < 4.78 is 0. The van der Waals surface area contributed by atoms with Crippen molar-refractivity contribution >= 4 is 27.6 Å². The lowest BCUT2D eigenvalue weighted by molar-refractivity contribution is -0.136. The number of halogens is 1. The predicted molar refractivity (Wildman–Crippen MR) is 37.2 cm³/mol. The monoisotopic (exact) mass is 192 g/mol. The average molecular weight is 193 g/mol. The van der Waals surface area contributed by atoms with Crippen LogP contribution in [-0.2, 0) is 9.59 Å². The molecule has 1 radical (unpaired) electrons. The van der Waals surface area contributed by atoms with E-state index in [-0.39, 0.29) is 11.9 Å². The molecule has 0 spiro atoms. The van der Waals surface area contributed by atoms with Gasteiger partial charge in [0.05, 0.1) is 5.33 Å². The maximum atomic E-state index is 10.4. The van der Waals surface area contributed by atoms with Gasteiger partial charge in [0, 0.05) is 6.54 Å². The van der Waals surface area contributed by atoms with Gasteiger partial charge in [-0.3, -0.25) is 9.59 Å².